The highest BCUT2D eigenvalue weighted by molar-refractivity contribution is 7.09. The Hall–Kier alpha value is -2.25. The molecule has 1 saturated heterocycles. The van der Waals surface area contributed by atoms with Crippen molar-refractivity contribution in [2.24, 2.45) is 0 Å². The third kappa shape index (κ3) is 3.43. The molecule has 1 fully saturated rings. The van der Waals surface area contributed by atoms with Gasteiger partial charge in [-0.3, -0.25) is 4.90 Å². The van der Waals surface area contributed by atoms with Gasteiger partial charge in [-0.25, -0.2) is 15.0 Å². The van der Waals surface area contributed by atoms with Crippen LogP contribution in [0.25, 0.3) is 10.9 Å². The topological polar surface area (TPSA) is 54.4 Å². The van der Waals surface area contributed by atoms with Gasteiger partial charge in [0.05, 0.1) is 28.7 Å². The van der Waals surface area contributed by atoms with Gasteiger partial charge in [0.15, 0.2) is 0 Å². The summed E-state index contributed by atoms with van der Waals surface area (Å²) in [4.78, 5) is 18.0. The fourth-order valence-electron chi connectivity index (χ4n) is 3.25. The van der Waals surface area contributed by atoms with Crippen molar-refractivity contribution in [2.75, 3.05) is 38.2 Å². The Morgan fingerprint density at radius 2 is 2.00 bits per heavy atom. The quantitative estimate of drug-likeness (QED) is 0.717. The number of hydrogen-bond donors (Lipinski definition) is 0. The molecule has 3 heterocycles. The van der Waals surface area contributed by atoms with Crippen LogP contribution in [0.4, 0.5) is 5.69 Å². The highest BCUT2D eigenvalue weighted by atomic mass is 32.1. The van der Waals surface area contributed by atoms with E-state index >= 15 is 0 Å². The molecule has 4 rings (SSSR count). The number of benzene rings is 1. The number of hydrogen-bond acceptors (Lipinski definition) is 7. The first-order valence-electron chi connectivity index (χ1n) is 8.40. The molecule has 1 aliphatic rings. The van der Waals surface area contributed by atoms with Crippen LogP contribution in [-0.4, -0.2) is 53.1 Å². The molecule has 0 bridgehead atoms. The van der Waals surface area contributed by atoms with E-state index in [2.05, 4.69) is 49.2 Å². The van der Waals surface area contributed by atoms with Gasteiger partial charge in [0.1, 0.15) is 6.33 Å². The van der Waals surface area contributed by atoms with Crippen molar-refractivity contribution in [1.82, 2.24) is 19.9 Å². The van der Waals surface area contributed by atoms with E-state index in [9.17, 15) is 0 Å². The van der Waals surface area contributed by atoms with E-state index in [4.69, 9.17) is 4.74 Å². The Balaban J connectivity index is 1.46. The van der Waals surface area contributed by atoms with Crippen LogP contribution in [0.2, 0.25) is 0 Å². The Labute approximate surface area is 151 Å². The smallest absolute Gasteiger partial charge is 0.224 e. The van der Waals surface area contributed by atoms with Gasteiger partial charge in [0, 0.05) is 43.8 Å². The van der Waals surface area contributed by atoms with Crippen molar-refractivity contribution in [3.63, 3.8) is 0 Å². The monoisotopic (exact) mass is 355 g/mol. The zero-order valence-corrected chi connectivity index (χ0v) is 15.3. The predicted molar refractivity (Wildman–Crippen MR) is 100 cm³/mol. The highest BCUT2D eigenvalue weighted by Gasteiger charge is 2.19. The lowest BCUT2D eigenvalue weighted by molar-refractivity contribution is 0.247. The predicted octanol–water partition coefficient (Wildman–Crippen LogP) is 2.73. The summed E-state index contributed by atoms with van der Waals surface area (Å²) in [5, 5.41) is 4.26. The molecule has 2 aromatic heterocycles. The molecule has 6 nitrogen and oxygen atoms in total. The molecule has 0 spiro atoms. The molecule has 0 N–H and O–H groups in total. The van der Waals surface area contributed by atoms with E-state index in [-0.39, 0.29) is 0 Å². The molecule has 0 atom stereocenters. The Morgan fingerprint density at radius 3 is 2.72 bits per heavy atom. The van der Waals surface area contributed by atoms with E-state index < -0.39 is 0 Å². The molecule has 7 heteroatoms. The molecule has 0 radical (unpaired) electrons. The van der Waals surface area contributed by atoms with Gasteiger partial charge in [-0.1, -0.05) is 0 Å². The fourth-order valence-corrected chi connectivity index (χ4v) is 3.86. The first-order chi connectivity index (χ1) is 12.2. The number of rotatable bonds is 4. The number of thiazole rings is 1. The molecule has 0 saturated carbocycles. The normalized spacial score (nSPS) is 15.7. The van der Waals surface area contributed by atoms with Crippen LogP contribution in [0.5, 0.6) is 5.88 Å². The summed E-state index contributed by atoms with van der Waals surface area (Å²) in [5.74, 6) is 0.629. The van der Waals surface area contributed by atoms with Crippen molar-refractivity contribution in [3.05, 3.63) is 40.6 Å². The molecular formula is C18H21N5OS. The summed E-state index contributed by atoms with van der Waals surface area (Å²) in [6.45, 7) is 7.09. The lowest BCUT2D eigenvalue weighted by Gasteiger charge is -2.35. The van der Waals surface area contributed by atoms with Gasteiger partial charge < -0.3 is 9.64 Å². The van der Waals surface area contributed by atoms with Crippen LogP contribution in [-0.2, 0) is 6.54 Å². The molecule has 0 amide bonds. The van der Waals surface area contributed by atoms with Gasteiger partial charge in [0.25, 0.3) is 0 Å². The maximum atomic E-state index is 5.37. The van der Waals surface area contributed by atoms with Crippen LogP contribution >= 0.6 is 11.3 Å². The van der Waals surface area contributed by atoms with Gasteiger partial charge in [0.2, 0.25) is 5.88 Å². The van der Waals surface area contributed by atoms with Crippen molar-refractivity contribution in [1.29, 1.82) is 0 Å². The van der Waals surface area contributed by atoms with Crippen LogP contribution in [0.15, 0.2) is 29.9 Å². The average Bonchev–Trinajstić information content (AvgIpc) is 3.06. The summed E-state index contributed by atoms with van der Waals surface area (Å²) < 4.78 is 5.37. The first-order valence-corrected chi connectivity index (χ1v) is 9.28. The minimum atomic E-state index is 0.629. The largest absolute Gasteiger partial charge is 0.480 e. The zero-order valence-electron chi connectivity index (χ0n) is 14.5. The number of fused-ring (bicyclic) bond motifs is 1. The van der Waals surface area contributed by atoms with E-state index in [1.807, 2.05) is 6.07 Å². The average molecular weight is 355 g/mol. The van der Waals surface area contributed by atoms with Crippen molar-refractivity contribution < 1.29 is 4.74 Å². The molecule has 25 heavy (non-hydrogen) atoms. The Kier molecular flexibility index (Phi) is 4.50. The minimum Gasteiger partial charge on any atom is -0.480 e. The number of anilines is 1. The van der Waals surface area contributed by atoms with Crippen LogP contribution in [0, 0.1) is 6.92 Å². The lowest BCUT2D eigenvalue weighted by atomic mass is 10.2. The summed E-state index contributed by atoms with van der Waals surface area (Å²) >= 11 is 1.72. The standard InChI is InChI=1S/C18H21N5OS/c1-13-21-14(11-25-13)10-22-5-7-23(8-6-22)15-3-4-17-16(9-15)18(24-2)20-12-19-17/h3-4,9,11-12H,5-8,10H2,1-2H3. The molecule has 1 aliphatic heterocycles. The SMILES string of the molecule is COc1ncnc2ccc(N3CCN(Cc4csc(C)n4)CC3)cc12. The van der Waals surface area contributed by atoms with Gasteiger partial charge >= 0.3 is 0 Å². The molecule has 1 aromatic carbocycles. The number of nitrogens with zero attached hydrogens (tertiary/aromatic N) is 5. The summed E-state index contributed by atoms with van der Waals surface area (Å²) in [6, 6.07) is 6.31. The molecule has 0 unspecified atom stereocenters. The summed E-state index contributed by atoms with van der Waals surface area (Å²) in [7, 11) is 1.65. The zero-order chi connectivity index (χ0) is 17.2. The maximum Gasteiger partial charge on any atom is 0.224 e. The first kappa shape index (κ1) is 16.2. The van der Waals surface area contributed by atoms with E-state index in [0.29, 0.717) is 5.88 Å². The highest BCUT2D eigenvalue weighted by Crippen LogP contribution is 2.27. The second kappa shape index (κ2) is 6.93. The number of aryl methyl sites for hydroxylation is 1. The minimum absolute atomic E-state index is 0.629. The Bertz CT molecular complexity index is 873. The second-order valence-electron chi connectivity index (χ2n) is 6.21. The van der Waals surface area contributed by atoms with Crippen LogP contribution < -0.4 is 9.64 Å². The summed E-state index contributed by atoms with van der Waals surface area (Å²) in [6.07, 6.45) is 1.54. The number of aromatic nitrogens is 3. The Morgan fingerprint density at radius 1 is 1.16 bits per heavy atom. The summed E-state index contributed by atoms with van der Waals surface area (Å²) in [5.41, 5.74) is 3.29. The van der Waals surface area contributed by atoms with Crippen LogP contribution in [0.3, 0.4) is 0 Å². The lowest BCUT2D eigenvalue weighted by Crippen LogP contribution is -2.46. The third-order valence-corrected chi connectivity index (χ3v) is 5.39. The number of piperazine rings is 1. The molecule has 0 aliphatic carbocycles. The maximum absolute atomic E-state index is 5.37. The van der Waals surface area contributed by atoms with Gasteiger partial charge in [-0.05, 0) is 25.1 Å². The van der Waals surface area contributed by atoms with Gasteiger partial charge in [-0.2, -0.15) is 0 Å². The van der Waals surface area contributed by atoms with Crippen molar-refractivity contribution >= 4 is 27.9 Å². The number of ether oxygens (including phenoxy) is 1. The van der Waals surface area contributed by atoms with Gasteiger partial charge in [-0.15, -0.1) is 11.3 Å². The number of methoxy groups -OCH3 is 1. The van der Waals surface area contributed by atoms with Crippen LogP contribution in [0.1, 0.15) is 10.7 Å². The van der Waals surface area contributed by atoms with Crippen molar-refractivity contribution in [3.8, 4) is 5.88 Å². The van der Waals surface area contributed by atoms with E-state index in [1.165, 1.54) is 11.4 Å². The third-order valence-electron chi connectivity index (χ3n) is 4.57. The molecular weight excluding hydrogens is 334 g/mol. The van der Waals surface area contributed by atoms with E-state index in [0.717, 1.165) is 48.6 Å². The van der Waals surface area contributed by atoms with E-state index in [1.54, 1.807) is 24.8 Å². The fraction of sp³-hybridized carbons (Fsp3) is 0.389. The van der Waals surface area contributed by atoms with Crippen molar-refractivity contribution in [2.45, 2.75) is 13.5 Å². The molecule has 3 aromatic rings. The molecule has 130 valence electrons. The second-order valence-corrected chi connectivity index (χ2v) is 7.27.